The highest BCUT2D eigenvalue weighted by Crippen LogP contribution is 2.25. The average Bonchev–Trinajstić information content (AvgIpc) is 2.67. The molecule has 0 bridgehead atoms. The van der Waals surface area contributed by atoms with E-state index in [0.717, 1.165) is 17.6 Å². The number of fused-ring (bicyclic) bond motifs is 1. The number of aryl methyl sites for hydroxylation is 1. The number of carbonyl (C=O) groups excluding carboxylic acids is 4. The van der Waals surface area contributed by atoms with Gasteiger partial charge in [0.1, 0.15) is 11.7 Å². The van der Waals surface area contributed by atoms with Crippen LogP contribution < -0.4 is 0 Å². The molecule has 0 radical (unpaired) electrons. The summed E-state index contributed by atoms with van der Waals surface area (Å²) in [4.78, 5) is 48.5. The lowest BCUT2D eigenvalue weighted by molar-refractivity contribution is -0.149. The first-order valence-electron chi connectivity index (χ1n) is 6.42. The fourth-order valence-corrected chi connectivity index (χ4v) is 2.26. The zero-order chi connectivity index (χ0) is 15.7. The van der Waals surface area contributed by atoms with Gasteiger partial charge in [-0.3, -0.25) is 24.1 Å². The zero-order valence-corrected chi connectivity index (χ0v) is 12.0. The topological polar surface area (TPSA) is 80.8 Å². The molecule has 21 heavy (non-hydrogen) atoms. The highest BCUT2D eigenvalue weighted by atomic mass is 16.5. The Morgan fingerprint density at radius 1 is 1.19 bits per heavy atom. The molecule has 0 aromatic heterocycles. The molecule has 2 amide bonds. The summed E-state index contributed by atoms with van der Waals surface area (Å²) in [6, 6.07) is 4.93. The Morgan fingerprint density at radius 2 is 1.81 bits per heavy atom. The Hall–Kier alpha value is -2.50. The van der Waals surface area contributed by atoms with E-state index in [2.05, 4.69) is 4.74 Å². The summed E-state index contributed by atoms with van der Waals surface area (Å²) in [5, 5.41) is 0. The van der Waals surface area contributed by atoms with Gasteiger partial charge in [-0.2, -0.15) is 0 Å². The number of carbonyl (C=O) groups is 4. The largest absolute Gasteiger partial charge is 0.468 e. The maximum Gasteiger partial charge on any atom is 0.318 e. The van der Waals surface area contributed by atoms with Gasteiger partial charge in [0.25, 0.3) is 11.8 Å². The van der Waals surface area contributed by atoms with E-state index in [9.17, 15) is 19.2 Å². The Bertz CT molecular complexity index is 649. The molecule has 0 aliphatic carbocycles. The molecule has 0 N–H and O–H groups in total. The summed E-state index contributed by atoms with van der Waals surface area (Å²) in [7, 11) is 1.16. The quantitative estimate of drug-likeness (QED) is 0.468. The van der Waals surface area contributed by atoms with Gasteiger partial charge >= 0.3 is 5.97 Å². The van der Waals surface area contributed by atoms with Gasteiger partial charge in [-0.25, -0.2) is 0 Å². The zero-order valence-electron chi connectivity index (χ0n) is 12.0. The first-order valence-corrected chi connectivity index (χ1v) is 6.42. The van der Waals surface area contributed by atoms with Crippen molar-refractivity contribution >= 4 is 23.6 Å². The van der Waals surface area contributed by atoms with Gasteiger partial charge in [-0.15, -0.1) is 0 Å². The van der Waals surface area contributed by atoms with Crippen LogP contribution in [0.25, 0.3) is 0 Å². The van der Waals surface area contributed by atoms with Crippen molar-refractivity contribution in [2.75, 3.05) is 13.7 Å². The van der Waals surface area contributed by atoms with Crippen LogP contribution in [0.5, 0.6) is 0 Å². The first kappa shape index (κ1) is 14.9. The SMILES string of the molecule is COC(=O)C(CN1C(=O)c2ccc(C)cc2C1=O)C(C)=O. The van der Waals surface area contributed by atoms with E-state index >= 15 is 0 Å². The van der Waals surface area contributed by atoms with Crippen molar-refractivity contribution in [1.82, 2.24) is 4.90 Å². The molecule has 0 saturated heterocycles. The number of ether oxygens (including phenoxy) is 1. The second-order valence-corrected chi connectivity index (χ2v) is 4.96. The van der Waals surface area contributed by atoms with E-state index in [1.807, 2.05) is 6.92 Å². The van der Waals surface area contributed by atoms with E-state index in [4.69, 9.17) is 0 Å². The molecule has 1 atom stereocenters. The van der Waals surface area contributed by atoms with Crippen LogP contribution in [0, 0.1) is 12.8 Å². The first-order chi connectivity index (χ1) is 9.86. The second kappa shape index (κ2) is 5.47. The molecule has 0 fully saturated rings. The number of hydrogen-bond acceptors (Lipinski definition) is 5. The molecule has 1 aliphatic heterocycles. The van der Waals surface area contributed by atoms with Crippen LogP contribution in [-0.4, -0.2) is 42.1 Å². The third-order valence-corrected chi connectivity index (χ3v) is 3.47. The van der Waals surface area contributed by atoms with Crippen LogP contribution in [0.1, 0.15) is 33.2 Å². The summed E-state index contributed by atoms with van der Waals surface area (Å²) < 4.78 is 4.54. The molecule has 0 spiro atoms. The van der Waals surface area contributed by atoms with Crippen molar-refractivity contribution in [2.45, 2.75) is 13.8 Å². The van der Waals surface area contributed by atoms with Gasteiger partial charge in [-0.05, 0) is 26.0 Å². The number of methoxy groups -OCH3 is 1. The van der Waals surface area contributed by atoms with E-state index in [1.54, 1.807) is 18.2 Å². The maximum atomic E-state index is 12.3. The van der Waals surface area contributed by atoms with E-state index in [1.165, 1.54) is 6.92 Å². The summed E-state index contributed by atoms with van der Waals surface area (Å²) in [6.07, 6.45) is 0. The lowest BCUT2D eigenvalue weighted by atomic mass is 10.1. The van der Waals surface area contributed by atoms with Crippen molar-refractivity contribution in [3.05, 3.63) is 34.9 Å². The molecule has 6 heteroatoms. The number of rotatable bonds is 4. The predicted molar refractivity (Wildman–Crippen MR) is 72.7 cm³/mol. The molecule has 1 heterocycles. The maximum absolute atomic E-state index is 12.3. The summed E-state index contributed by atoms with van der Waals surface area (Å²) in [5.41, 5.74) is 1.44. The van der Waals surface area contributed by atoms with Crippen LogP contribution >= 0.6 is 0 Å². The Morgan fingerprint density at radius 3 is 2.38 bits per heavy atom. The fraction of sp³-hybridized carbons (Fsp3) is 0.333. The highest BCUT2D eigenvalue weighted by molar-refractivity contribution is 6.21. The smallest absolute Gasteiger partial charge is 0.318 e. The molecule has 1 aliphatic rings. The fourth-order valence-electron chi connectivity index (χ4n) is 2.26. The minimum Gasteiger partial charge on any atom is -0.468 e. The molecule has 0 saturated carbocycles. The van der Waals surface area contributed by atoms with Crippen LogP contribution in [0.4, 0.5) is 0 Å². The third-order valence-electron chi connectivity index (χ3n) is 3.47. The third kappa shape index (κ3) is 2.56. The number of benzene rings is 1. The number of nitrogens with zero attached hydrogens (tertiary/aromatic N) is 1. The number of esters is 1. The monoisotopic (exact) mass is 289 g/mol. The minimum absolute atomic E-state index is 0.290. The Labute approximate surface area is 121 Å². The van der Waals surface area contributed by atoms with E-state index in [-0.39, 0.29) is 12.1 Å². The van der Waals surface area contributed by atoms with Crippen molar-refractivity contribution in [3.63, 3.8) is 0 Å². The van der Waals surface area contributed by atoms with Crippen LogP contribution in [0.15, 0.2) is 18.2 Å². The summed E-state index contributed by atoms with van der Waals surface area (Å²) >= 11 is 0. The second-order valence-electron chi connectivity index (χ2n) is 4.96. The van der Waals surface area contributed by atoms with Crippen molar-refractivity contribution < 1.29 is 23.9 Å². The standard InChI is InChI=1S/C15H15NO5/c1-8-4-5-10-11(6-8)14(19)16(13(10)18)7-12(9(2)17)15(20)21-3/h4-6,12H,7H2,1-3H3. The summed E-state index contributed by atoms with van der Waals surface area (Å²) in [5.74, 6) is -3.35. The van der Waals surface area contributed by atoms with Crippen LogP contribution in [0.2, 0.25) is 0 Å². The van der Waals surface area contributed by atoms with Gasteiger partial charge in [0.05, 0.1) is 18.2 Å². The molecular formula is C15H15NO5. The molecule has 2 rings (SSSR count). The molecule has 110 valence electrons. The molecule has 1 aromatic carbocycles. The molecular weight excluding hydrogens is 274 g/mol. The van der Waals surface area contributed by atoms with Crippen molar-refractivity contribution in [3.8, 4) is 0 Å². The summed E-state index contributed by atoms with van der Waals surface area (Å²) in [6.45, 7) is 2.74. The van der Waals surface area contributed by atoms with Gasteiger partial charge in [-0.1, -0.05) is 11.6 Å². The molecule has 1 aromatic rings. The lowest BCUT2D eigenvalue weighted by Gasteiger charge is -2.18. The van der Waals surface area contributed by atoms with Gasteiger partial charge in [0.15, 0.2) is 0 Å². The van der Waals surface area contributed by atoms with Gasteiger partial charge < -0.3 is 4.74 Å². The highest BCUT2D eigenvalue weighted by Gasteiger charge is 2.39. The van der Waals surface area contributed by atoms with Gasteiger partial charge in [0.2, 0.25) is 0 Å². The van der Waals surface area contributed by atoms with Crippen LogP contribution in [0.3, 0.4) is 0 Å². The predicted octanol–water partition coefficient (Wildman–Crippen LogP) is 0.969. The lowest BCUT2D eigenvalue weighted by Crippen LogP contribution is -2.40. The minimum atomic E-state index is -1.15. The number of Topliss-reactive ketones (excluding diaryl/α,β-unsaturated/α-hetero) is 1. The molecule has 1 unspecified atom stereocenters. The normalized spacial score (nSPS) is 14.9. The van der Waals surface area contributed by atoms with Gasteiger partial charge in [0, 0.05) is 6.54 Å². The van der Waals surface area contributed by atoms with Crippen LogP contribution in [-0.2, 0) is 14.3 Å². The number of imide groups is 1. The average molecular weight is 289 g/mol. The van der Waals surface area contributed by atoms with Crippen molar-refractivity contribution in [1.29, 1.82) is 0 Å². The van der Waals surface area contributed by atoms with E-state index in [0.29, 0.717) is 5.56 Å². The number of hydrogen-bond donors (Lipinski definition) is 0. The molecule has 6 nitrogen and oxygen atoms in total. The number of ketones is 1. The Balaban J connectivity index is 2.31. The van der Waals surface area contributed by atoms with Crippen molar-refractivity contribution in [2.24, 2.45) is 5.92 Å². The number of amides is 2. The Kier molecular flexibility index (Phi) is 3.88. The van der Waals surface area contributed by atoms with E-state index < -0.39 is 29.5 Å².